The second-order valence-electron chi connectivity index (χ2n) is 7.31. The third-order valence-corrected chi connectivity index (χ3v) is 5.77. The van der Waals surface area contributed by atoms with E-state index in [0.29, 0.717) is 0 Å². The molecule has 0 aliphatic heterocycles. The van der Waals surface area contributed by atoms with Crippen LogP contribution in [0.25, 0.3) is 33.4 Å². The lowest BCUT2D eigenvalue weighted by molar-refractivity contribution is 0.414. The fraction of sp³-hybridized carbons (Fsp3) is 0.111. The number of benzene rings is 4. The van der Waals surface area contributed by atoms with E-state index in [0.717, 1.165) is 17.9 Å². The lowest BCUT2D eigenvalue weighted by atomic mass is 9.88. The zero-order valence-corrected chi connectivity index (χ0v) is 16.6. The van der Waals surface area contributed by atoms with Gasteiger partial charge in [0.15, 0.2) is 0 Å². The van der Waals surface area contributed by atoms with Gasteiger partial charge in [0.2, 0.25) is 0 Å². The normalized spacial score (nSPS) is 11.7. The SMILES string of the molecule is COc1ccc(-c2ccc3c(c2-c2ccc(OC)cc2)Cc2ccccc2-3)cc1. The fourth-order valence-corrected chi connectivity index (χ4v) is 4.31. The van der Waals surface area contributed by atoms with Crippen LogP contribution in [0.4, 0.5) is 0 Å². The van der Waals surface area contributed by atoms with Gasteiger partial charge in [0.1, 0.15) is 11.5 Å². The fourth-order valence-electron chi connectivity index (χ4n) is 4.31. The molecule has 0 saturated carbocycles. The van der Waals surface area contributed by atoms with Crippen molar-refractivity contribution in [2.24, 2.45) is 0 Å². The first-order valence-corrected chi connectivity index (χ1v) is 9.81. The maximum atomic E-state index is 5.37. The number of rotatable bonds is 4. The molecule has 29 heavy (non-hydrogen) atoms. The predicted octanol–water partition coefficient (Wildman–Crippen LogP) is 6.61. The van der Waals surface area contributed by atoms with Crippen molar-refractivity contribution >= 4 is 0 Å². The van der Waals surface area contributed by atoms with E-state index in [2.05, 4.69) is 60.7 Å². The van der Waals surface area contributed by atoms with Crippen LogP contribution in [-0.4, -0.2) is 14.2 Å². The van der Waals surface area contributed by atoms with Crippen molar-refractivity contribution in [1.29, 1.82) is 0 Å². The minimum atomic E-state index is 0.869. The molecular formula is C27H22O2. The minimum absolute atomic E-state index is 0.869. The lowest BCUT2D eigenvalue weighted by Crippen LogP contribution is -1.93. The van der Waals surface area contributed by atoms with Crippen molar-refractivity contribution in [3.05, 3.63) is 96.1 Å². The van der Waals surface area contributed by atoms with Crippen LogP contribution in [0.2, 0.25) is 0 Å². The summed E-state index contributed by atoms with van der Waals surface area (Å²) in [5.41, 5.74) is 10.4. The molecule has 142 valence electrons. The van der Waals surface area contributed by atoms with Crippen LogP contribution in [0, 0.1) is 0 Å². The Labute approximate surface area is 171 Å². The second-order valence-corrected chi connectivity index (χ2v) is 7.31. The summed E-state index contributed by atoms with van der Waals surface area (Å²) in [5, 5.41) is 0. The van der Waals surface area contributed by atoms with E-state index < -0.39 is 0 Å². The van der Waals surface area contributed by atoms with Crippen LogP contribution in [0.15, 0.2) is 84.9 Å². The Kier molecular flexibility index (Phi) is 4.33. The molecule has 0 amide bonds. The van der Waals surface area contributed by atoms with Gasteiger partial charge in [-0.25, -0.2) is 0 Å². The van der Waals surface area contributed by atoms with E-state index in [1.807, 2.05) is 24.3 Å². The second kappa shape index (κ2) is 7.14. The molecule has 0 unspecified atom stereocenters. The van der Waals surface area contributed by atoms with E-state index in [9.17, 15) is 0 Å². The molecule has 5 rings (SSSR count). The third-order valence-electron chi connectivity index (χ3n) is 5.77. The molecule has 4 aromatic carbocycles. The molecule has 0 spiro atoms. The standard InChI is InChI=1S/C27H22O2/c1-28-21-11-7-18(8-12-21)24-15-16-25-23-6-4-3-5-20(23)17-26(25)27(24)19-9-13-22(29-2)14-10-19/h3-16H,17H2,1-2H3. The Morgan fingerprint density at radius 3 is 1.79 bits per heavy atom. The Balaban J connectivity index is 1.73. The first-order valence-electron chi connectivity index (χ1n) is 9.81. The summed E-state index contributed by atoms with van der Waals surface area (Å²) >= 11 is 0. The molecule has 2 nitrogen and oxygen atoms in total. The van der Waals surface area contributed by atoms with E-state index in [1.54, 1.807) is 14.2 Å². The first kappa shape index (κ1) is 17.6. The molecule has 2 heteroatoms. The summed E-state index contributed by atoms with van der Waals surface area (Å²) in [5.74, 6) is 1.74. The van der Waals surface area contributed by atoms with Crippen LogP contribution in [0.5, 0.6) is 11.5 Å². The van der Waals surface area contributed by atoms with Crippen LogP contribution in [0.1, 0.15) is 11.1 Å². The first-order chi connectivity index (χ1) is 14.3. The predicted molar refractivity (Wildman–Crippen MR) is 119 cm³/mol. The summed E-state index contributed by atoms with van der Waals surface area (Å²) in [4.78, 5) is 0. The highest BCUT2D eigenvalue weighted by Gasteiger charge is 2.24. The van der Waals surface area contributed by atoms with Crippen molar-refractivity contribution in [1.82, 2.24) is 0 Å². The highest BCUT2D eigenvalue weighted by atomic mass is 16.5. The molecule has 0 saturated heterocycles. The van der Waals surface area contributed by atoms with Crippen LogP contribution in [0.3, 0.4) is 0 Å². The summed E-state index contributed by atoms with van der Waals surface area (Å²) in [6.07, 6.45) is 0.955. The Morgan fingerprint density at radius 1 is 0.552 bits per heavy atom. The van der Waals surface area contributed by atoms with Gasteiger partial charge in [0.05, 0.1) is 14.2 Å². The molecular weight excluding hydrogens is 356 g/mol. The number of hydrogen-bond donors (Lipinski definition) is 0. The van der Waals surface area contributed by atoms with Crippen molar-refractivity contribution in [2.75, 3.05) is 14.2 Å². The van der Waals surface area contributed by atoms with Gasteiger partial charge in [-0.2, -0.15) is 0 Å². The summed E-state index contributed by atoms with van der Waals surface area (Å²) in [6, 6.07) is 29.9. The van der Waals surface area contributed by atoms with Gasteiger partial charge >= 0.3 is 0 Å². The van der Waals surface area contributed by atoms with E-state index >= 15 is 0 Å². The van der Waals surface area contributed by atoms with Gasteiger partial charge in [0, 0.05) is 0 Å². The summed E-state index contributed by atoms with van der Waals surface area (Å²) in [6.45, 7) is 0. The zero-order valence-electron chi connectivity index (χ0n) is 16.6. The van der Waals surface area contributed by atoms with Crippen molar-refractivity contribution in [3.63, 3.8) is 0 Å². The molecule has 0 N–H and O–H groups in total. The number of hydrogen-bond acceptors (Lipinski definition) is 2. The van der Waals surface area contributed by atoms with Crippen molar-refractivity contribution < 1.29 is 9.47 Å². The lowest BCUT2D eigenvalue weighted by Gasteiger charge is -2.16. The van der Waals surface area contributed by atoms with Gasteiger partial charge in [-0.05, 0) is 75.2 Å². The van der Waals surface area contributed by atoms with E-state index in [4.69, 9.17) is 9.47 Å². The molecule has 0 bridgehead atoms. The molecule has 0 radical (unpaired) electrons. The molecule has 0 fully saturated rings. The van der Waals surface area contributed by atoms with Crippen LogP contribution < -0.4 is 9.47 Å². The molecule has 1 aliphatic rings. The number of fused-ring (bicyclic) bond motifs is 3. The Morgan fingerprint density at radius 2 is 1.14 bits per heavy atom. The van der Waals surface area contributed by atoms with Gasteiger partial charge in [-0.15, -0.1) is 0 Å². The summed E-state index contributed by atoms with van der Waals surface area (Å²) in [7, 11) is 3.40. The average Bonchev–Trinajstić information content (AvgIpc) is 3.17. The quantitative estimate of drug-likeness (QED) is 0.350. The molecule has 0 heterocycles. The Bertz CT molecular complexity index is 1170. The largest absolute Gasteiger partial charge is 0.497 e. The number of methoxy groups -OCH3 is 2. The highest BCUT2D eigenvalue weighted by Crippen LogP contribution is 2.46. The zero-order chi connectivity index (χ0) is 19.8. The van der Waals surface area contributed by atoms with E-state index in [1.165, 1.54) is 44.5 Å². The highest BCUT2D eigenvalue weighted by molar-refractivity contribution is 5.93. The van der Waals surface area contributed by atoms with Crippen molar-refractivity contribution in [3.8, 4) is 44.9 Å². The van der Waals surface area contributed by atoms with E-state index in [-0.39, 0.29) is 0 Å². The van der Waals surface area contributed by atoms with Crippen molar-refractivity contribution in [2.45, 2.75) is 6.42 Å². The van der Waals surface area contributed by atoms with Gasteiger partial charge < -0.3 is 9.47 Å². The smallest absolute Gasteiger partial charge is 0.118 e. The molecule has 0 atom stereocenters. The molecule has 0 aromatic heterocycles. The van der Waals surface area contributed by atoms with Gasteiger partial charge in [-0.3, -0.25) is 0 Å². The molecule has 1 aliphatic carbocycles. The Hall–Kier alpha value is -3.52. The van der Waals surface area contributed by atoms with Crippen LogP contribution in [-0.2, 0) is 6.42 Å². The summed E-state index contributed by atoms with van der Waals surface area (Å²) < 4.78 is 10.7. The van der Waals surface area contributed by atoms with Crippen LogP contribution >= 0.6 is 0 Å². The maximum absolute atomic E-state index is 5.37. The topological polar surface area (TPSA) is 18.5 Å². The third kappa shape index (κ3) is 2.98. The molecule has 4 aromatic rings. The average molecular weight is 378 g/mol. The monoisotopic (exact) mass is 378 g/mol. The minimum Gasteiger partial charge on any atom is -0.497 e. The van der Waals surface area contributed by atoms with Gasteiger partial charge in [-0.1, -0.05) is 60.7 Å². The number of ether oxygens (including phenoxy) is 2. The maximum Gasteiger partial charge on any atom is 0.118 e. The van der Waals surface area contributed by atoms with Gasteiger partial charge in [0.25, 0.3) is 0 Å².